The number of benzene rings is 1. The number of hydrogen-bond donors (Lipinski definition) is 0. The Bertz CT molecular complexity index is 493. The molecule has 0 amide bonds. The standard InChI is InChI=1S/C16H22N2O2/c1-16(2)12-18(10-15(20-16)11-19-3)9-14-7-5-4-6-13(14)8-17/h4-7,15H,9-12H2,1-3H3/t15-/m1/s1. The predicted octanol–water partition coefficient (Wildman–Crippen LogP) is 2.18. The van der Waals surface area contributed by atoms with E-state index in [0.717, 1.165) is 30.8 Å². The molecule has 1 aromatic carbocycles. The summed E-state index contributed by atoms with van der Waals surface area (Å²) in [6.45, 7) is 7.25. The molecule has 2 rings (SSSR count). The second-order valence-electron chi connectivity index (χ2n) is 5.89. The van der Waals surface area contributed by atoms with Crippen molar-refractivity contribution in [1.29, 1.82) is 5.26 Å². The van der Waals surface area contributed by atoms with Crippen molar-refractivity contribution in [3.63, 3.8) is 0 Å². The van der Waals surface area contributed by atoms with Gasteiger partial charge in [0.25, 0.3) is 0 Å². The highest BCUT2D eigenvalue weighted by molar-refractivity contribution is 5.37. The van der Waals surface area contributed by atoms with E-state index in [0.29, 0.717) is 6.61 Å². The summed E-state index contributed by atoms with van der Waals surface area (Å²) in [4.78, 5) is 2.34. The number of nitriles is 1. The maximum atomic E-state index is 9.17. The molecule has 4 nitrogen and oxygen atoms in total. The zero-order chi connectivity index (χ0) is 14.6. The Balaban J connectivity index is 2.10. The molecule has 4 heteroatoms. The van der Waals surface area contributed by atoms with Gasteiger partial charge < -0.3 is 9.47 Å². The third-order valence-corrected chi connectivity index (χ3v) is 3.44. The fourth-order valence-corrected chi connectivity index (χ4v) is 2.82. The molecular formula is C16H22N2O2. The summed E-state index contributed by atoms with van der Waals surface area (Å²) in [5, 5.41) is 9.17. The molecule has 1 fully saturated rings. The zero-order valence-electron chi connectivity index (χ0n) is 12.4. The van der Waals surface area contributed by atoms with Crippen LogP contribution in [0.4, 0.5) is 0 Å². The number of ether oxygens (including phenoxy) is 2. The topological polar surface area (TPSA) is 45.5 Å². The Labute approximate surface area is 120 Å². The van der Waals surface area contributed by atoms with Crippen molar-refractivity contribution >= 4 is 0 Å². The summed E-state index contributed by atoms with van der Waals surface area (Å²) < 4.78 is 11.2. The van der Waals surface area contributed by atoms with Gasteiger partial charge in [-0.15, -0.1) is 0 Å². The number of rotatable bonds is 4. The van der Waals surface area contributed by atoms with Crippen LogP contribution in [0.15, 0.2) is 24.3 Å². The number of hydrogen-bond acceptors (Lipinski definition) is 4. The molecule has 0 saturated carbocycles. The minimum Gasteiger partial charge on any atom is -0.382 e. The molecule has 0 unspecified atom stereocenters. The van der Waals surface area contributed by atoms with Gasteiger partial charge in [0.2, 0.25) is 0 Å². The Morgan fingerprint density at radius 2 is 2.20 bits per heavy atom. The quantitative estimate of drug-likeness (QED) is 0.844. The molecule has 0 aromatic heterocycles. The second kappa shape index (κ2) is 6.36. The lowest BCUT2D eigenvalue weighted by molar-refractivity contribution is -0.154. The fourth-order valence-electron chi connectivity index (χ4n) is 2.82. The largest absolute Gasteiger partial charge is 0.382 e. The van der Waals surface area contributed by atoms with Crippen molar-refractivity contribution in [3.05, 3.63) is 35.4 Å². The van der Waals surface area contributed by atoms with Gasteiger partial charge in [0.1, 0.15) is 0 Å². The number of morpholine rings is 1. The van der Waals surface area contributed by atoms with Gasteiger partial charge in [-0.2, -0.15) is 5.26 Å². The normalized spacial score (nSPS) is 22.4. The Kier molecular flexibility index (Phi) is 4.77. The molecule has 0 radical (unpaired) electrons. The molecule has 0 aliphatic carbocycles. The van der Waals surface area contributed by atoms with E-state index in [1.807, 2.05) is 24.3 Å². The predicted molar refractivity (Wildman–Crippen MR) is 77.3 cm³/mol. The SMILES string of the molecule is COC[C@H]1CN(Cc2ccccc2C#N)CC(C)(C)O1. The van der Waals surface area contributed by atoms with Crippen LogP contribution in [0.2, 0.25) is 0 Å². The minimum atomic E-state index is -0.191. The minimum absolute atomic E-state index is 0.0815. The van der Waals surface area contributed by atoms with Crippen LogP contribution in [-0.2, 0) is 16.0 Å². The summed E-state index contributed by atoms with van der Waals surface area (Å²) in [6, 6.07) is 10.0. The highest BCUT2D eigenvalue weighted by atomic mass is 16.5. The summed E-state index contributed by atoms with van der Waals surface area (Å²) in [6.07, 6.45) is 0.0815. The molecule has 1 aliphatic heterocycles. The van der Waals surface area contributed by atoms with Crippen LogP contribution in [0.3, 0.4) is 0 Å². The summed E-state index contributed by atoms with van der Waals surface area (Å²) >= 11 is 0. The first-order valence-electron chi connectivity index (χ1n) is 6.91. The van der Waals surface area contributed by atoms with E-state index in [-0.39, 0.29) is 11.7 Å². The zero-order valence-corrected chi connectivity index (χ0v) is 12.4. The molecule has 1 atom stereocenters. The molecule has 20 heavy (non-hydrogen) atoms. The van der Waals surface area contributed by atoms with Crippen LogP contribution < -0.4 is 0 Å². The van der Waals surface area contributed by atoms with E-state index in [4.69, 9.17) is 9.47 Å². The van der Waals surface area contributed by atoms with Crippen LogP contribution in [0.25, 0.3) is 0 Å². The highest BCUT2D eigenvalue weighted by Crippen LogP contribution is 2.23. The van der Waals surface area contributed by atoms with Crippen LogP contribution in [-0.4, -0.2) is 43.4 Å². The highest BCUT2D eigenvalue weighted by Gasteiger charge is 2.33. The van der Waals surface area contributed by atoms with Crippen LogP contribution in [0.5, 0.6) is 0 Å². The van der Waals surface area contributed by atoms with E-state index in [1.165, 1.54) is 0 Å². The third-order valence-electron chi connectivity index (χ3n) is 3.44. The van der Waals surface area contributed by atoms with E-state index in [9.17, 15) is 5.26 Å². The number of nitrogens with zero attached hydrogens (tertiary/aromatic N) is 2. The molecule has 0 N–H and O–H groups in total. The summed E-state index contributed by atoms with van der Waals surface area (Å²) in [5.74, 6) is 0. The van der Waals surface area contributed by atoms with Gasteiger partial charge in [-0.25, -0.2) is 0 Å². The van der Waals surface area contributed by atoms with Crippen molar-refractivity contribution in [2.24, 2.45) is 0 Å². The summed E-state index contributed by atoms with van der Waals surface area (Å²) in [7, 11) is 1.69. The van der Waals surface area contributed by atoms with Crippen molar-refractivity contribution in [1.82, 2.24) is 4.90 Å². The van der Waals surface area contributed by atoms with Gasteiger partial charge in [0.15, 0.2) is 0 Å². The second-order valence-corrected chi connectivity index (χ2v) is 5.89. The smallest absolute Gasteiger partial charge is 0.0995 e. The first-order chi connectivity index (χ1) is 9.54. The van der Waals surface area contributed by atoms with Gasteiger partial charge >= 0.3 is 0 Å². The Morgan fingerprint density at radius 3 is 2.90 bits per heavy atom. The first kappa shape index (κ1) is 15.0. The number of methoxy groups -OCH3 is 1. The fraction of sp³-hybridized carbons (Fsp3) is 0.562. The van der Waals surface area contributed by atoms with E-state index in [1.54, 1.807) is 7.11 Å². The molecule has 1 aliphatic rings. The van der Waals surface area contributed by atoms with Crippen molar-refractivity contribution in [2.75, 3.05) is 26.8 Å². The van der Waals surface area contributed by atoms with Crippen molar-refractivity contribution in [2.45, 2.75) is 32.1 Å². The lowest BCUT2D eigenvalue weighted by Crippen LogP contribution is -2.53. The molecule has 1 heterocycles. The Hall–Kier alpha value is -1.41. The van der Waals surface area contributed by atoms with Gasteiger partial charge in [-0.05, 0) is 25.5 Å². The average Bonchev–Trinajstić information content (AvgIpc) is 2.38. The third kappa shape index (κ3) is 3.80. The molecule has 1 aromatic rings. The summed E-state index contributed by atoms with van der Waals surface area (Å²) in [5.41, 5.74) is 1.63. The maximum absolute atomic E-state index is 9.17. The van der Waals surface area contributed by atoms with E-state index < -0.39 is 0 Å². The lowest BCUT2D eigenvalue weighted by atomic mass is 10.0. The van der Waals surface area contributed by atoms with Gasteiger partial charge in [-0.3, -0.25) is 4.90 Å². The lowest BCUT2D eigenvalue weighted by Gasteiger charge is -2.42. The maximum Gasteiger partial charge on any atom is 0.0995 e. The van der Waals surface area contributed by atoms with E-state index >= 15 is 0 Å². The average molecular weight is 274 g/mol. The molecule has 1 saturated heterocycles. The van der Waals surface area contributed by atoms with Crippen LogP contribution >= 0.6 is 0 Å². The molecular weight excluding hydrogens is 252 g/mol. The van der Waals surface area contributed by atoms with Crippen molar-refractivity contribution < 1.29 is 9.47 Å². The Morgan fingerprint density at radius 1 is 1.45 bits per heavy atom. The van der Waals surface area contributed by atoms with Crippen molar-refractivity contribution in [3.8, 4) is 6.07 Å². The van der Waals surface area contributed by atoms with Gasteiger partial charge in [-0.1, -0.05) is 18.2 Å². The van der Waals surface area contributed by atoms with Crippen LogP contribution in [0.1, 0.15) is 25.0 Å². The first-order valence-corrected chi connectivity index (χ1v) is 6.91. The van der Waals surface area contributed by atoms with Gasteiger partial charge in [0.05, 0.1) is 29.9 Å². The molecule has 0 spiro atoms. The molecule has 108 valence electrons. The monoisotopic (exact) mass is 274 g/mol. The van der Waals surface area contributed by atoms with E-state index in [2.05, 4.69) is 24.8 Å². The van der Waals surface area contributed by atoms with Crippen LogP contribution in [0, 0.1) is 11.3 Å². The molecule has 0 bridgehead atoms. The van der Waals surface area contributed by atoms with Gasteiger partial charge in [0, 0.05) is 26.7 Å².